The third-order valence-electron chi connectivity index (χ3n) is 3.56. The molecule has 0 aromatic carbocycles. The molecule has 1 aromatic rings. The summed E-state index contributed by atoms with van der Waals surface area (Å²) < 4.78 is 6.89. The van der Waals surface area contributed by atoms with Crippen molar-refractivity contribution in [1.29, 1.82) is 0 Å². The molecule has 1 fully saturated rings. The standard InChI is InChI=1S/C12H20N4O3/c1-11(2,3)9-13-14-15-16(9)8-12(10(17)18)4-6-19-7-5-12/h4-8H2,1-3H3,(H,17,18). The zero-order valence-corrected chi connectivity index (χ0v) is 11.6. The fourth-order valence-electron chi connectivity index (χ4n) is 2.34. The number of hydrogen-bond donors (Lipinski definition) is 1. The number of carbonyl (C=O) groups is 1. The molecule has 2 heterocycles. The lowest BCUT2D eigenvalue weighted by Gasteiger charge is -2.33. The molecule has 0 unspecified atom stereocenters. The van der Waals surface area contributed by atoms with Crippen LogP contribution in [0.2, 0.25) is 0 Å². The molecule has 0 amide bonds. The van der Waals surface area contributed by atoms with Crippen LogP contribution in [0.1, 0.15) is 39.4 Å². The quantitative estimate of drug-likeness (QED) is 0.874. The van der Waals surface area contributed by atoms with Crippen molar-refractivity contribution < 1.29 is 14.6 Å². The van der Waals surface area contributed by atoms with Crippen molar-refractivity contribution in [3.63, 3.8) is 0 Å². The van der Waals surface area contributed by atoms with E-state index in [4.69, 9.17) is 4.74 Å². The summed E-state index contributed by atoms with van der Waals surface area (Å²) in [6, 6.07) is 0. The summed E-state index contributed by atoms with van der Waals surface area (Å²) in [7, 11) is 0. The van der Waals surface area contributed by atoms with Gasteiger partial charge in [-0.15, -0.1) is 5.10 Å². The maximum Gasteiger partial charge on any atom is 0.311 e. The SMILES string of the molecule is CC(C)(C)c1nnnn1CC1(C(=O)O)CCOCC1. The van der Waals surface area contributed by atoms with Crippen LogP contribution in [0.25, 0.3) is 0 Å². The summed E-state index contributed by atoms with van der Waals surface area (Å²) in [4.78, 5) is 11.6. The van der Waals surface area contributed by atoms with Crippen LogP contribution in [0.15, 0.2) is 0 Å². The van der Waals surface area contributed by atoms with Crippen LogP contribution >= 0.6 is 0 Å². The van der Waals surface area contributed by atoms with Crippen molar-refractivity contribution in [1.82, 2.24) is 20.2 Å². The van der Waals surface area contributed by atoms with Crippen LogP contribution in [0.3, 0.4) is 0 Å². The van der Waals surface area contributed by atoms with Gasteiger partial charge in [-0.1, -0.05) is 20.8 Å². The molecule has 0 saturated carbocycles. The van der Waals surface area contributed by atoms with Gasteiger partial charge in [0.1, 0.15) is 0 Å². The van der Waals surface area contributed by atoms with Gasteiger partial charge in [0.2, 0.25) is 0 Å². The fraction of sp³-hybridized carbons (Fsp3) is 0.833. The molecule has 1 aliphatic rings. The summed E-state index contributed by atoms with van der Waals surface area (Å²) >= 11 is 0. The summed E-state index contributed by atoms with van der Waals surface area (Å²) in [6.45, 7) is 7.26. The summed E-state index contributed by atoms with van der Waals surface area (Å²) in [6.07, 6.45) is 0.984. The molecule has 1 aliphatic heterocycles. The van der Waals surface area contributed by atoms with Crippen molar-refractivity contribution in [3.8, 4) is 0 Å². The number of hydrogen-bond acceptors (Lipinski definition) is 5. The number of nitrogens with zero attached hydrogens (tertiary/aromatic N) is 4. The molecular weight excluding hydrogens is 248 g/mol. The van der Waals surface area contributed by atoms with Gasteiger partial charge in [-0.25, -0.2) is 4.68 Å². The summed E-state index contributed by atoms with van der Waals surface area (Å²) in [5.74, 6) is -0.0919. The minimum atomic E-state index is -0.826. The van der Waals surface area contributed by atoms with Gasteiger partial charge in [-0.3, -0.25) is 4.79 Å². The molecule has 1 N–H and O–H groups in total. The first kappa shape index (κ1) is 13.9. The third kappa shape index (κ3) is 2.75. The van der Waals surface area contributed by atoms with E-state index >= 15 is 0 Å². The van der Waals surface area contributed by atoms with E-state index in [0.717, 1.165) is 0 Å². The number of rotatable bonds is 3. The van der Waals surface area contributed by atoms with Gasteiger partial charge in [0.25, 0.3) is 0 Å². The Kier molecular flexibility index (Phi) is 3.58. The number of aliphatic carboxylic acids is 1. The predicted octanol–water partition coefficient (Wildman–Crippen LogP) is 0.852. The molecule has 2 rings (SSSR count). The van der Waals surface area contributed by atoms with Gasteiger partial charge in [0, 0.05) is 18.6 Å². The number of ether oxygens (including phenoxy) is 1. The van der Waals surface area contributed by atoms with Crippen LogP contribution in [0, 0.1) is 5.41 Å². The van der Waals surface area contributed by atoms with E-state index in [2.05, 4.69) is 15.5 Å². The van der Waals surface area contributed by atoms with Gasteiger partial charge in [-0.05, 0) is 23.3 Å². The highest BCUT2D eigenvalue weighted by molar-refractivity contribution is 5.74. The molecule has 0 radical (unpaired) electrons. The lowest BCUT2D eigenvalue weighted by molar-refractivity contribution is -0.156. The highest BCUT2D eigenvalue weighted by Gasteiger charge is 2.42. The molecule has 0 aliphatic carbocycles. The van der Waals surface area contributed by atoms with Crippen molar-refractivity contribution in [2.24, 2.45) is 5.41 Å². The normalized spacial score (nSPS) is 19.3. The minimum absolute atomic E-state index is 0.214. The molecule has 1 aromatic heterocycles. The number of carboxylic acid groups (broad SMARTS) is 1. The molecule has 7 heteroatoms. The first-order chi connectivity index (χ1) is 8.85. The van der Waals surface area contributed by atoms with Gasteiger partial charge in [0.15, 0.2) is 5.82 Å². The van der Waals surface area contributed by atoms with E-state index in [1.54, 1.807) is 4.68 Å². The van der Waals surface area contributed by atoms with Crippen molar-refractivity contribution >= 4 is 5.97 Å². The smallest absolute Gasteiger partial charge is 0.311 e. The van der Waals surface area contributed by atoms with Crippen molar-refractivity contribution in [2.75, 3.05) is 13.2 Å². The average Bonchev–Trinajstić information content (AvgIpc) is 2.78. The topological polar surface area (TPSA) is 90.1 Å². The van der Waals surface area contributed by atoms with E-state index in [0.29, 0.717) is 38.4 Å². The zero-order chi connectivity index (χ0) is 14.1. The Morgan fingerprint density at radius 3 is 2.58 bits per heavy atom. The number of carboxylic acids is 1. The molecule has 0 spiro atoms. The second-order valence-corrected chi connectivity index (χ2v) is 6.11. The van der Waals surface area contributed by atoms with E-state index in [-0.39, 0.29) is 5.41 Å². The molecule has 0 bridgehead atoms. The lowest BCUT2D eigenvalue weighted by atomic mass is 9.80. The Morgan fingerprint density at radius 2 is 2.05 bits per heavy atom. The van der Waals surface area contributed by atoms with Crippen molar-refractivity contribution in [2.45, 2.75) is 45.6 Å². The Labute approximate surface area is 111 Å². The second kappa shape index (κ2) is 4.88. The predicted molar refractivity (Wildman–Crippen MR) is 66.6 cm³/mol. The molecular formula is C12H20N4O3. The van der Waals surface area contributed by atoms with Gasteiger partial charge >= 0.3 is 5.97 Å². The second-order valence-electron chi connectivity index (χ2n) is 6.11. The van der Waals surface area contributed by atoms with E-state index in [1.165, 1.54) is 0 Å². The zero-order valence-electron chi connectivity index (χ0n) is 11.6. The van der Waals surface area contributed by atoms with Gasteiger partial charge in [-0.2, -0.15) is 0 Å². The Morgan fingerprint density at radius 1 is 1.42 bits per heavy atom. The Hall–Kier alpha value is -1.50. The van der Waals surface area contributed by atoms with Crippen LogP contribution in [0.5, 0.6) is 0 Å². The maximum atomic E-state index is 11.6. The maximum absolute atomic E-state index is 11.6. The average molecular weight is 268 g/mol. The molecule has 1 saturated heterocycles. The highest BCUT2D eigenvalue weighted by Crippen LogP contribution is 2.33. The van der Waals surface area contributed by atoms with E-state index in [9.17, 15) is 9.90 Å². The number of aromatic nitrogens is 4. The largest absolute Gasteiger partial charge is 0.481 e. The van der Waals surface area contributed by atoms with E-state index in [1.807, 2.05) is 20.8 Å². The minimum Gasteiger partial charge on any atom is -0.481 e. The molecule has 0 atom stereocenters. The fourth-order valence-corrected chi connectivity index (χ4v) is 2.34. The van der Waals surface area contributed by atoms with Gasteiger partial charge < -0.3 is 9.84 Å². The first-order valence-corrected chi connectivity index (χ1v) is 6.43. The Balaban J connectivity index is 2.28. The number of tetrazole rings is 1. The first-order valence-electron chi connectivity index (χ1n) is 6.43. The van der Waals surface area contributed by atoms with E-state index < -0.39 is 11.4 Å². The monoisotopic (exact) mass is 268 g/mol. The highest BCUT2D eigenvalue weighted by atomic mass is 16.5. The molecule has 7 nitrogen and oxygen atoms in total. The van der Waals surface area contributed by atoms with Gasteiger partial charge in [0.05, 0.1) is 12.0 Å². The van der Waals surface area contributed by atoms with Crippen LogP contribution in [-0.2, 0) is 21.5 Å². The third-order valence-corrected chi connectivity index (χ3v) is 3.56. The Bertz CT molecular complexity index is 458. The van der Waals surface area contributed by atoms with Crippen molar-refractivity contribution in [3.05, 3.63) is 5.82 Å². The lowest BCUT2D eigenvalue weighted by Crippen LogP contribution is -2.42. The van der Waals surface area contributed by atoms with Crippen LogP contribution < -0.4 is 0 Å². The molecule has 106 valence electrons. The molecule has 19 heavy (non-hydrogen) atoms. The van der Waals surface area contributed by atoms with Crippen LogP contribution in [-0.4, -0.2) is 44.5 Å². The summed E-state index contributed by atoms with van der Waals surface area (Å²) in [5.41, 5.74) is -1.04. The summed E-state index contributed by atoms with van der Waals surface area (Å²) in [5, 5.41) is 21.2. The van der Waals surface area contributed by atoms with Crippen LogP contribution in [0.4, 0.5) is 0 Å².